The first kappa shape index (κ1) is 12.1. The highest BCUT2D eigenvalue weighted by Crippen LogP contribution is 2.32. The van der Waals surface area contributed by atoms with E-state index in [-0.39, 0.29) is 5.69 Å². The topological polar surface area (TPSA) is 66.3 Å². The van der Waals surface area contributed by atoms with E-state index in [1.807, 2.05) is 5.38 Å². The van der Waals surface area contributed by atoms with Gasteiger partial charge in [0.15, 0.2) is 5.69 Å². The maximum atomic E-state index is 11.0. The molecule has 0 aromatic carbocycles. The minimum absolute atomic E-state index is 0.00605. The summed E-state index contributed by atoms with van der Waals surface area (Å²) in [6.45, 7) is 0.756. The van der Waals surface area contributed by atoms with E-state index < -0.39 is 5.97 Å². The Morgan fingerprint density at radius 2 is 2.32 bits per heavy atom. The minimum atomic E-state index is -1.04. The van der Waals surface area contributed by atoms with Crippen molar-refractivity contribution < 1.29 is 9.90 Å². The lowest BCUT2D eigenvalue weighted by atomic mass is 10.3. The number of carboxylic acids is 1. The van der Waals surface area contributed by atoms with Gasteiger partial charge in [-0.25, -0.2) is 9.78 Å². The van der Waals surface area contributed by atoms with Crippen LogP contribution in [0.4, 0.5) is 5.82 Å². The number of carbonyl (C=O) groups is 1. The second kappa shape index (κ2) is 4.97. The number of aromatic carboxylic acids is 1. The van der Waals surface area contributed by atoms with Gasteiger partial charge in [-0.3, -0.25) is 4.98 Å². The summed E-state index contributed by atoms with van der Waals surface area (Å²) in [4.78, 5) is 21.3. The first-order chi connectivity index (χ1) is 9.24. The Labute approximate surface area is 114 Å². The largest absolute Gasteiger partial charge is 0.476 e. The standard InChI is InChI=1S/C13H13N3O2S/c17-13(18)11-5-14-6-12(15-11)16(10-1-2-10)7-9-3-4-19-8-9/h3-6,8,10H,1-2,7H2,(H,17,18). The van der Waals surface area contributed by atoms with Crippen LogP contribution in [0.15, 0.2) is 29.2 Å². The normalized spacial score (nSPS) is 14.3. The van der Waals surface area contributed by atoms with Crippen LogP contribution in [-0.4, -0.2) is 27.1 Å². The number of carboxylic acid groups (broad SMARTS) is 1. The predicted octanol–water partition coefficient (Wildman–Crippen LogP) is 2.41. The maximum Gasteiger partial charge on any atom is 0.356 e. The van der Waals surface area contributed by atoms with Gasteiger partial charge < -0.3 is 10.0 Å². The molecule has 0 atom stereocenters. The lowest BCUT2D eigenvalue weighted by Gasteiger charge is -2.22. The summed E-state index contributed by atoms with van der Waals surface area (Å²) in [6, 6.07) is 2.53. The zero-order valence-corrected chi connectivity index (χ0v) is 11.0. The number of anilines is 1. The Morgan fingerprint density at radius 3 is 2.95 bits per heavy atom. The van der Waals surface area contributed by atoms with Crippen LogP contribution in [-0.2, 0) is 6.54 Å². The lowest BCUT2D eigenvalue weighted by molar-refractivity contribution is 0.0690. The van der Waals surface area contributed by atoms with Crippen molar-refractivity contribution in [3.63, 3.8) is 0 Å². The minimum Gasteiger partial charge on any atom is -0.476 e. The van der Waals surface area contributed by atoms with Crippen LogP contribution in [0.25, 0.3) is 0 Å². The average Bonchev–Trinajstić information content (AvgIpc) is 3.13. The van der Waals surface area contributed by atoms with Crippen molar-refractivity contribution in [3.8, 4) is 0 Å². The number of rotatable bonds is 5. The second-order valence-electron chi connectivity index (χ2n) is 4.56. The van der Waals surface area contributed by atoms with Gasteiger partial charge in [0.25, 0.3) is 0 Å². The SMILES string of the molecule is O=C(O)c1cncc(N(Cc2ccsc2)C2CC2)n1. The molecule has 3 rings (SSSR count). The fourth-order valence-corrected chi connectivity index (χ4v) is 2.62. The number of hydrogen-bond acceptors (Lipinski definition) is 5. The Morgan fingerprint density at radius 1 is 1.47 bits per heavy atom. The van der Waals surface area contributed by atoms with Crippen molar-refractivity contribution in [1.29, 1.82) is 0 Å². The smallest absolute Gasteiger partial charge is 0.356 e. The van der Waals surface area contributed by atoms with Crippen LogP contribution in [0, 0.1) is 0 Å². The summed E-state index contributed by atoms with van der Waals surface area (Å²) < 4.78 is 0. The highest BCUT2D eigenvalue weighted by molar-refractivity contribution is 7.07. The fraction of sp³-hybridized carbons (Fsp3) is 0.308. The fourth-order valence-electron chi connectivity index (χ4n) is 1.96. The molecule has 0 aliphatic heterocycles. The number of hydrogen-bond donors (Lipinski definition) is 1. The van der Waals surface area contributed by atoms with Crippen LogP contribution in [0.2, 0.25) is 0 Å². The van der Waals surface area contributed by atoms with Gasteiger partial charge in [-0.1, -0.05) is 0 Å². The summed E-state index contributed by atoms with van der Waals surface area (Å²) in [7, 11) is 0. The molecule has 0 bridgehead atoms. The first-order valence-electron chi connectivity index (χ1n) is 6.07. The van der Waals surface area contributed by atoms with Gasteiger partial charge in [0.05, 0.1) is 12.4 Å². The van der Waals surface area contributed by atoms with Gasteiger partial charge in [-0.2, -0.15) is 11.3 Å². The molecule has 19 heavy (non-hydrogen) atoms. The Bertz CT molecular complexity index is 581. The van der Waals surface area contributed by atoms with Crippen LogP contribution >= 0.6 is 11.3 Å². The molecule has 0 saturated heterocycles. The molecule has 2 aromatic rings. The third-order valence-electron chi connectivity index (χ3n) is 3.06. The summed E-state index contributed by atoms with van der Waals surface area (Å²) in [5.74, 6) is -0.394. The quantitative estimate of drug-likeness (QED) is 0.907. The Kier molecular flexibility index (Phi) is 3.16. The van der Waals surface area contributed by atoms with Gasteiger partial charge in [0.2, 0.25) is 0 Å². The van der Waals surface area contributed by atoms with Crippen molar-refractivity contribution in [2.75, 3.05) is 4.90 Å². The summed E-state index contributed by atoms with van der Waals surface area (Å²) >= 11 is 1.66. The predicted molar refractivity (Wildman–Crippen MR) is 72.5 cm³/mol. The third kappa shape index (κ3) is 2.73. The molecule has 1 saturated carbocycles. The van der Waals surface area contributed by atoms with E-state index in [2.05, 4.69) is 26.3 Å². The maximum absolute atomic E-state index is 11.0. The Hall–Kier alpha value is -1.95. The molecule has 1 aliphatic carbocycles. The lowest BCUT2D eigenvalue weighted by Crippen LogP contribution is -2.26. The van der Waals surface area contributed by atoms with Crippen LogP contribution in [0.5, 0.6) is 0 Å². The number of nitrogens with zero attached hydrogens (tertiary/aromatic N) is 3. The molecule has 1 N–H and O–H groups in total. The molecular formula is C13H13N3O2S. The van der Waals surface area contributed by atoms with Crippen molar-refractivity contribution >= 4 is 23.1 Å². The number of aromatic nitrogens is 2. The molecule has 0 unspecified atom stereocenters. The van der Waals surface area contributed by atoms with E-state index in [1.54, 1.807) is 17.5 Å². The highest BCUT2D eigenvalue weighted by atomic mass is 32.1. The first-order valence-corrected chi connectivity index (χ1v) is 7.01. The molecule has 0 spiro atoms. The monoisotopic (exact) mass is 275 g/mol. The van der Waals surface area contributed by atoms with Crippen molar-refractivity contribution in [3.05, 3.63) is 40.5 Å². The molecule has 5 nitrogen and oxygen atoms in total. The van der Waals surface area contributed by atoms with Crippen molar-refractivity contribution in [2.45, 2.75) is 25.4 Å². The van der Waals surface area contributed by atoms with E-state index in [0.29, 0.717) is 11.9 Å². The average molecular weight is 275 g/mol. The molecule has 98 valence electrons. The van der Waals surface area contributed by atoms with E-state index >= 15 is 0 Å². The molecule has 2 aromatic heterocycles. The van der Waals surface area contributed by atoms with E-state index in [9.17, 15) is 4.79 Å². The van der Waals surface area contributed by atoms with Crippen LogP contribution in [0.3, 0.4) is 0 Å². The highest BCUT2D eigenvalue weighted by Gasteiger charge is 2.30. The Balaban J connectivity index is 1.87. The second-order valence-corrected chi connectivity index (χ2v) is 5.34. The van der Waals surface area contributed by atoms with Crippen molar-refractivity contribution in [1.82, 2.24) is 9.97 Å². The molecule has 0 radical (unpaired) electrons. The summed E-state index contributed by atoms with van der Waals surface area (Å²) in [6.07, 6.45) is 5.17. The van der Waals surface area contributed by atoms with E-state index in [4.69, 9.17) is 5.11 Å². The number of thiophene rings is 1. The molecule has 1 aliphatic rings. The van der Waals surface area contributed by atoms with Gasteiger partial charge in [-0.15, -0.1) is 0 Å². The third-order valence-corrected chi connectivity index (χ3v) is 3.79. The van der Waals surface area contributed by atoms with E-state index in [1.165, 1.54) is 11.8 Å². The zero-order valence-electron chi connectivity index (χ0n) is 10.2. The summed E-state index contributed by atoms with van der Waals surface area (Å²) in [5.41, 5.74) is 1.22. The van der Waals surface area contributed by atoms with Crippen molar-refractivity contribution in [2.24, 2.45) is 0 Å². The van der Waals surface area contributed by atoms with Gasteiger partial charge >= 0.3 is 5.97 Å². The van der Waals surface area contributed by atoms with Gasteiger partial charge in [0.1, 0.15) is 5.82 Å². The summed E-state index contributed by atoms with van der Waals surface area (Å²) in [5, 5.41) is 13.1. The molecular weight excluding hydrogens is 262 g/mol. The van der Waals surface area contributed by atoms with Gasteiger partial charge in [-0.05, 0) is 35.2 Å². The van der Waals surface area contributed by atoms with Crippen LogP contribution < -0.4 is 4.90 Å². The van der Waals surface area contributed by atoms with E-state index in [0.717, 1.165) is 19.4 Å². The molecule has 6 heteroatoms. The van der Waals surface area contributed by atoms with Crippen LogP contribution in [0.1, 0.15) is 28.9 Å². The van der Waals surface area contributed by atoms with Gasteiger partial charge in [0, 0.05) is 12.6 Å². The molecule has 2 heterocycles. The molecule has 1 fully saturated rings. The zero-order chi connectivity index (χ0) is 13.2. The molecule has 0 amide bonds.